The standard InChI is InChI=1S/C26H28N4O/c1-21-6-4-7-22(18-21)19-28-14-16-29(17-15-28)26(31)11-10-23-20-30(13-5-12-27)25-9-3-2-8-24(23)25/h2-4,6-11,18,20H,5,13-17,19H2,1H3/b11-10+. The number of piperazine rings is 1. The molecule has 0 bridgehead atoms. The van der Waals surface area contributed by atoms with E-state index in [-0.39, 0.29) is 5.91 Å². The number of carbonyl (C=O) groups is 1. The number of aromatic nitrogens is 1. The first-order valence-electron chi connectivity index (χ1n) is 10.8. The Kier molecular flexibility index (Phi) is 6.49. The van der Waals surface area contributed by atoms with E-state index in [2.05, 4.69) is 58.9 Å². The lowest BCUT2D eigenvalue weighted by atomic mass is 10.1. The van der Waals surface area contributed by atoms with Crippen molar-refractivity contribution in [3.8, 4) is 6.07 Å². The molecule has 4 rings (SSSR count). The number of rotatable bonds is 6. The summed E-state index contributed by atoms with van der Waals surface area (Å²) in [6, 6.07) is 18.9. The maximum absolute atomic E-state index is 12.8. The van der Waals surface area contributed by atoms with Gasteiger partial charge in [-0.15, -0.1) is 0 Å². The fraction of sp³-hybridized carbons (Fsp3) is 0.308. The van der Waals surface area contributed by atoms with Crippen molar-refractivity contribution in [3.63, 3.8) is 0 Å². The summed E-state index contributed by atoms with van der Waals surface area (Å²) in [5, 5.41) is 10.0. The average molecular weight is 413 g/mol. The van der Waals surface area contributed by atoms with Gasteiger partial charge in [-0.05, 0) is 24.6 Å². The molecule has 1 amide bonds. The van der Waals surface area contributed by atoms with Gasteiger partial charge in [0, 0.05) is 68.0 Å². The molecule has 0 spiro atoms. The van der Waals surface area contributed by atoms with Crippen LogP contribution in [0.2, 0.25) is 0 Å². The fourth-order valence-electron chi connectivity index (χ4n) is 4.22. The van der Waals surface area contributed by atoms with E-state index in [1.807, 2.05) is 29.3 Å². The Bertz CT molecular complexity index is 1130. The van der Waals surface area contributed by atoms with Gasteiger partial charge < -0.3 is 9.47 Å². The first-order valence-corrected chi connectivity index (χ1v) is 10.8. The minimum absolute atomic E-state index is 0.0593. The third kappa shape index (κ3) is 5.04. The molecule has 158 valence electrons. The van der Waals surface area contributed by atoms with Crippen LogP contribution in [0, 0.1) is 18.3 Å². The molecule has 0 atom stereocenters. The van der Waals surface area contributed by atoms with E-state index in [1.165, 1.54) is 11.1 Å². The highest BCUT2D eigenvalue weighted by Crippen LogP contribution is 2.23. The van der Waals surface area contributed by atoms with Crippen molar-refractivity contribution in [1.29, 1.82) is 5.26 Å². The highest BCUT2D eigenvalue weighted by Gasteiger charge is 2.19. The van der Waals surface area contributed by atoms with Crippen LogP contribution in [-0.4, -0.2) is 46.5 Å². The second-order valence-electron chi connectivity index (χ2n) is 8.13. The Morgan fingerprint density at radius 1 is 1.10 bits per heavy atom. The molecular weight excluding hydrogens is 384 g/mol. The number of amides is 1. The summed E-state index contributed by atoms with van der Waals surface area (Å²) in [7, 11) is 0. The van der Waals surface area contributed by atoms with E-state index in [4.69, 9.17) is 5.26 Å². The summed E-state index contributed by atoms with van der Waals surface area (Å²) >= 11 is 0. The molecule has 0 N–H and O–H groups in total. The van der Waals surface area contributed by atoms with Gasteiger partial charge in [-0.25, -0.2) is 0 Å². The van der Waals surface area contributed by atoms with E-state index in [1.54, 1.807) is 6.08 Å². The van der Waals surface area contributed by atoms with Crippen molar-refractivity contribution in [2.75, 3.05) is 26.2 Å². The fourth-order valence-corrected chi connectivity index (χ4v) is 4.22. The van der Waals surface area contributed by atoms with Crippen LogP contribution in [0.3, 0.4) is 0 Å². The molecule has 1 aliphatic rings. The topological polar surface area (TPSA) is 52.3 Å². The third-order valence-corrected chi connectivity index (χ3v) is 5.86. The Hall–Kier alpha value is -3.36. The monoisotopic (exact) mass is 412 g/mol. The van der Waals surface area contributed by atoms with Crippen LogP contribution in [0.1, 0.15) is 23.1 Å². The van der Waals surface area contributed by atoms with Crippen molar-refractivity contribution >= 4 is 22.9 Å². The van der Waals surface area contributed by atoms with Crippen molar-refractivity contribution < 1.29 is 4.79 Å². The summed E-state index contributed by atoms with van der Waals surface area (Å²) in [4.78, 5) is 17.1. The Morgan fingerprint density at radius 3 is 2.68 bits per heavy atom. The predicted octanol–water partition coefficient (Wildman–Crippen LogP) is 4.22. The Balaban J connectivity index is 1.37. The van der Waals surface area contributed by atoms with Gasteiger partial charge in [0.25, 0.3) is 0 Å². The first-order chi connectivity index (χ1) is 15.1. The van der Waals surface area contributed by atoms with Crippen LogP contribution < -0.4 is 0 Å². The third-order valence-electron chi connectivity index (χ3n) is 5.86. The molecule has 1 fully saturated rings. The average Bonchev–Trinajstić information content (AvgIpc) is 3.14. The smallest absolute Gasteiger partial charge is 0.246 e. The number of hydrogen-bond donors (Lipinski definition) is 0. The molecule has 5 nitrogen and oxygen atoms in total. The number of carbonyl (C=O) groups excluding carboxylic acids is 1. The number of aryl methyl sites for hydroxylation is 2. The van der Waals surface area contributed by atoms with E-state index in [0.29, 0.717) is 13.0 Å². The largest absolute Gasteiger partial charge is 0.346 e. The number of nitriles is 1. The summed E-state index contributed by atoms with van der Waals surface area (Å²) in [5.41, 5.74) is 4.72. The van der Waals surface area contributed by atoms with Gasteiger partial charge in [0.05, 0.1) is 12.5 Å². The zero-order valence-electron chi connectivity index (χ0n) is 18.0. The van der Waals surface area contributed by atoms with E-state index >= 15 is 0 Å². The van der Waals surface area contributed by atoms with Crippen LogP contribution in [0.25, 0.3) is 17.0 Å². The van der Waals surface area contributed by atoms with Crippen LogP contribution in [0.4, 0.5) is 0 Å². The van der Waals surface area contributed by atoms with Gasteiger partial charge in [-0.2, -0.15) is 5.26 Å². The molecule has 1 saturated heterocycles. The van der Waals surface area contributed by atoms with Gasteiger partial charge >= 0.3 is 0 Å². The maximum Gasteiger partial charge on any atom is 0.246 e. The minimum Gasteiger partial charge on any atom is -0.346 e. The number of benzene rings is 2. The molecule has 5 heteroatoms. The number of nitrogens with zero attached hydrogens (tertiary/aromatic N) is 4. The number of para-hydroxylation sites is 1. The summed E-state index contributed by atoms with van der Waals surface area (Å²) in [6.45, 7) is 6.98. The zero-order valence-corrected chi connectivity index (χ0v) is 18.0. The predicted molar refractivity (Wildman–Crippen MR) is 124 cm³/mol. The lowest BCUT2D eigenvalue weighted by Crippen LogP contribution is -2.47. The van der Waals surface area contributed by atoms with Crippen LogP contribution in [-0.2, 0) is 17.9 Å². The van der Waals surface area contributed by atoms with Crippen LogP contribution in [0.15, 0.2) is 60.8 Å². The van der Waals surface area contributed by atoms with Gasteiger partial charge in [-0.1, -0.05) is 48.0 Å². The van der Waals surface area contributed by atoms with Crippen LogP contribution in [0.5, 0.6) is 0 Å². The Labute approximate surface area is 183 Å². The second kappa shape index (κ2) is 9.63. The van der Waals surface area contributed by atoms with Crippen molar-refractivity contribution in [3.05, 3.63) is 77.5 Å². The molecule has 1 aromatic heterocycles. The molecule has 0 unspecified atom stereocenters. The van der Waals surface area contributed by atoms with Crippen molar-refractivity contribution in [2.24, 2.45) is 0 Å². The van der Waals surface area contributed by atoms with E-state index in [9.17, 15) is 4.79 Å². The molecule has 31 heavy (non-hydrogen) atoms. The lowest BCUT2D eigenvalue weighted by Gasteiger charge is -2.34. The highest BCUT2D eigenvalue weighted by molar-refractivity contribution is 5.96. The molecule has 2 aromatic carbocycles. The molecule has 0 aliphatic carbocycles. The summed E-state index contributed by atoms with van der Waals surface area (Å²) in [6.07, 6.45) is 6.10. The molecule has 3 aromatic rings. The number of hydrogen-bond acceptors (Lipinski definition) is 3. The zero-order chi connectivity index (χ0) is 21.6. The minimum atomic E-state index is 0.0593. The molecule has 2 heterocycles. The molecule has 1 aliphatic heterocycles. The molecule has 0 saturated carbocycles. The van der Waals surface area contributed by atoms with Gasteiger partial charge in [0.2, 0.25) is 5.91 Å². The summed E-state index contributed by atoms with van der Waals surface area (Å²) < 4.78 is 2.09. The van der Waals surface area contributed by atoms with E-state index < -0.39 is 0 Å². The Morgan fingerprint density at radius 2 is 1.90 bits per heavy atom. The second-order valence-corrected chi connectivity index (χ2v) is 8.13. The molecule has 0 radical (unpaired) electrons. The quantitative estimate of drug-likeness (QED) is 0.570. The van der Waals surface area contributed by atoms with Gasteiger partial charge in [0.15, 0.2) is 0 Å². The maximum atomic E-state index is 12.8. The van der Waals surface area contributed by atoms with Crippen molar-refractivity contribution in [2.45, 2.75) is 26.4 Å². The van der Waals surface area contributed by atoms with Gasteiger partial charge in [-0.3, -0.25) is 9.69 Å². The molecular formula is C26H28N4O. The van der Waals surface area contributed by atoms with E-state index in [0.717, 1.165) is 49.2 Å². The van der Waals surface area contributed by atoms with Crippen molar-refractivity contribution in [1.82, 2.24) is 14.4 Å². The normalized spacial score (nSPS) is 14.9. The number of fused-ring (bicyclic) bond motifs is 1. The summed E-state index contributed by atoms with van der Waals surface area (Å²) in [5.74, 6) is 0.0593. The van der Waals surface area contributed by atoms with Crippen LogP contribution >= 0.6 is 0 Å². The lowest BCUT2D eigenvalue weighted by molar-refractivity contribution is -0.127. The first kappa shape index (κ1) is 20.9. The van der Waals surface area contributed by atoms with Gasteiger partial charge in [0.1, 0.15) is 0 Å². The highest BCUT2D eigenvalue weighted by atomic mass is 16.2. The SMILES string of the molecule is Cc1cccc(CN2CCN(C(=O)/C=C/c3cn(CCC#N)c4ccccc34)CC2)c1.